The van der Waals surface area contributed by atoms with Gasteiger partial charge in [-0.2, -0.15) is 0 Å². The van der Waals surface area contributed by atoms with E-state index in [0.29, 0.717) is 6.04 Å². The largest absolute Gasteiger partial charge is 0.375 e. The number of rotatable bonds is 6. The van der Waals surface area contributed by atoms with E-state index >= 15 is 0 Å². The minimum Gasteiger partial charge on any atom is -0.375 e. The molecule has 1 aromatic rings. The second kappa shape index (κ2) is 8.03. The van der Waals surface area contributed by atoms with Gasteiger partial charge in [-0.05, 0) is 44.2 Å². The molecule has 2 rings (SSSR count). The number of amides is 1. The minimum absolute atomic E-state index is 0.177. The maximum atomic E-state index is 12.1. The van der Waals surface area contributed by atoms with Gasteiger partial charge < -0.3 is 16.0 Å². The molecule has 0 aliphatic heterocycles. The number of benzene rings is 1. The smallest absolute Gasteiger partial charge is 0.223 e. The highest BCUT2D eigenvalue weighted by atomic mass is 16.1. The van der Waals surface area contributed by atoms with E-state index < -0.39 is 0 Å². The number of nitrogens with zero attached hydrogens (tertiary/aromatic N) is 1. The lowest BCUT2D eigenvalue weighted by molar-refractivity contribution is -0.125. The van der Waals surface area contributed by atoms with Gasteiger partial charge in [0.1, 0.15) is 0 Å². The number of hydrogen-bond donors (Lipinski definition) is 2. The standard InChI is InChI=1S/C17H27N3O/c1-20(16-6-3-2-4-7-16)13-5-12-19-17(21)14-8-10-15(18)11-9-14/h2-4,6-7,14-15H,5,8-13,18H2,1H3,(H,19,21). The van der Waals surface area contributed by atoms with Gasteiger partial charge in [-0.3, -0.25) is 4.79 Å². The SMILES string of the molecule is CN(CCCNC(=O)C1CCC(N)CC1)c1ccccc1. The van der Waals surface area contributed by atoms with Gasteiger partial charge in [-0.25, -0.2) is 0 Å². The van der Waals surface area contributed by atoms with Crippen molar-refractivity contribution in [3.8, 4) is 0 Å². The number of carbonyl (C=O) groups excluding carboxylic acids is 1. The predicted molar refractivity (Wildman–Crippen MR) is 87.3 cm³/mol. The average molecular weight is 289 g/mol. The first-order valence-corrected chi connectivity index (χ1v) is 7.96. The van der Waals surface area contributed by atoms with E-state index in [0.717, 1.165) is 45.2 Å². The van der Waals surface area contributed by atoms with Crippen LogP contribution in [0, 0.1) is 5.92 Å². The number of nitrogens with two attached hydrogens (primary N) is 1. The van der Waals surface area contributed by atoms with Crippen LogP contribution < -0.4 is 16.0 Å². The topological polar surface area (TPSA) is 58.4 Å². The van der Waals surface area contributed by atoms with Crippen molar-refractivity contribution in [3.05, 3.63) is 30.3 Å². The van der Waals surface area contributed by atoms with E-state index in [2.05, 4.69) is 29.4 Å². The van der Waals surface area contributed by atoms with Crippen LogP contribution in [0.5, 0.6) is 0 Å². The number of carbonyl (C=O) groups is 1. The van der Waals surface area contributed by atoms with Gasteiger partial charge in [-0.1, -0.05) is 18.2 Å². The third-order valence-electron chi connectivity index (χ3n) is 4.31. The Morgan fingerprint density at radius 1 is 1.24 bits per heavy atom. The van der Waals surface area contributed by atoms with E-state index in [-0.39, 0.29) is 11.8 Å². The molecule has 4 heteroatoms. The van der Waals surface area contributed by atoms with Crippen molar-refractivity contribution >= 4 is 11.6 Å². The molecule has 1 saturated carbocycles. The molecular weight excluding hydrogens is 262 g/mol. The molecule has 0 aromatic heterocycles. The lowest BCUT2D eigenvalue weighted by Crippen LogP contribution is -2.37. The highest BCUT2D eigenvalue weighted by molar-refractivity contribution is 5.78. The first kappa shape index (κ1) is 15.8. The van der Waals surface area contributed by atoms with Gasteiger partial charge in [0.2, 0.25) is 5.91 Å². The zero-order valence-corrected chi connectivity index (χ0v) is 12.9. The summed E-state index contributed by atoms with van der Waals surface area (Å²) in [5.74, 6) is 0.390. The number of anilines is 1. The zero-order chi connectivity index (χ0) is 15.1. The zero-order valence-electron chi connectivity index (χ0n) is 12.9. The molecule has 1 amide bonds. The van der Waals surface area contributed by atoms with Crippen molar-refractivity contribution in [3.63, 3.8) is 0 Å². The average Bonchev–Trinajstić information content (AvgIpc) is 2.52. The number of hydrogen-bond acceptors (Lipinski definition) is 3. The molecule has 0 spiro atoms. The molecule has 1 aliphatic carbocycles. The van der Waals surface area contributed by atoms with Crippen LogP contribution in [0.2, 0.25) is 0 Å². The van der Waals surface area contributed by atoms with Crippen molar-refractivity contribution in [2.75, 3.05) is 25.0 Å². The number of para-hydroxylation sites is 1. The predicted octanol–water partition coefficient (Wildman–Crippen LogP) is 2.15. The Bertz CT molecular complexity index is 427. The Labute approximate surface area is 127 Å². The van der Waals surface area contributed by atoms with Crippen LogP contribution >= 0.6 is 0 Å². The van der Waals surface area contributed by atoms with Crippen LogP contribution in [-0.2, 0) is 4.79 Å². The first-order chi connectivity index (χ1) is 10.2. The highest BCUT2D eigenvalue weighted by Gasteiger charge is 2.23. The molecule has 1 aliphatic rings. The van der Waals surface area contributed by atoms with Gasteiger partial charge in [0, 0.05) is 37.8 Å². The quantitative estimate of drug-likeness (QED) is 0.789. The fraction of sp³-hybridized carbons (Fsp3) is 0.588. The molecule has 21 heavy (non-hydrogen) atoms. The molecule has 0 saturated heterocycles. The monoisotopic (exact) mass is 289 g/mol. The van der Waals surface area contributed by atoms with Crippen LogP contribution in [0.3, 0.4) is 0 Å². The molecule has 3 N–H and O–H groups in total. The molecule has 0 atom stereocenters. The lowest BCUT2D eigenvalue weighted by Gasteiger charge is -2.25. The van der Waals surface area contributed by atoms with Crippen molar-refractivity contribution in [1.82, 2.24) is 5.32 Å². The summed E-state index contributed by atoms with van der Waals surface area (Å²) in [6.45, 7) is 1.69. The van der Waals surface area contributed by atoms with Crippen LogP contribution in [0.4, 0.5) is 5.69 Å². The van der Waals surface area contributed by atoms with Crippen LogP contribution in [-0.4, -0.2) is 32.1 Å². The van der Waals surface area contributed by atoms with Crippen molar-refractivity contribution in [1.29, 1.82) is 0 Å². The Hall–Kier alpha value is -1.55. The fourth-order valence-electron chi connectivity index (χ4n) is 2.87. The summed E-state index contributed by atoms with van der Waals surface area (Å²) in [4.78, 5) is 14.3. The van der Waals surface area contributed by atoms with E-state index in [4.69, 9.17) is 5.73 Å². The van der Waals surface area contributed by atoms with E-state index in [1.807, 2.05) is 18.2 Å². The maximum absolute atomic E-state index is 12.1. The molecule has 0 bridgehead atoms. The minimum atomic E-state index is 0.177. The van der Waals surface area contributed by atoms with Gasteiger partial charge in [0.25, 0.3) is 0 Å². The van der Waals surface area contributed by atoms with Crippen LogP contribution in [0.15, 0.2) is 30.3 Å². The van der Waals surface area contributed by atoms with Gasteiger partial charge in [-0.15, -0.1) is 0 Å². The Morgan fingerprint density at radius 3 is 2.57 bits per heavy atom. The summed E-state index contributed by atoms with van der Waals surface area (Å²) in [7, 11) is 2.08. The van der Waals surface area contributed by atoms with Gasteiger partial charge in [0.05, 0.1) is 0 Å². The summed E-state index contributed by atoms with van der Waals surface area (Å²) >= 11 is 0. The molecule has 1 fully saturated rings. The molecular formula is C17H27N3O. The maximum Gasteiger partial charge on any atom is 0.223 e. The van der Waals surface area contributed by atoms with E-state index in [1.165, 1.54) is 5.69 Å². The highest BCUT2D eigenvalue weighted by Crippen LogP contribution is 2.23. The van der Waals surface area contributed by atoms with Crippen LogP contribution in [0.25, 0.3) is 0 Å². The summed E-state index contributed by atoms with van der Waals surface area (Å²) < 4.78 is 0. The molecule has 0 radical (unpaired) electrons. The molecule has 116 valence electrons. The van der Waals surface area contributed by atoms with E-state index in [1.54, 1.807) is 0 Å². The van der Waals surface area contributed by atoms with Crippen molar-refractivity contribution < 1.29 is 4.79 Å². The normalized spacial score (nSPS) is 21.8. The third-order valence-corrected chi connectivity index (χ3v) is 4.31. The fourth-order valence-corrected chi connectivity index (χ4v) is 2.87. The Kier molecular flexibility index (Phi) is 6.05. The first-order valence-electron chi connectivity index (χ1n) is 7.96. The second-order valence-corrected chi connectivity index (χ2v) is 6.01. The molecule has 0 unspecified atom stereocenters. The van der Waals surface area contributed by atoms with Crippen LogP contribution in [0.1, 0.15) is 32.1 Å². The van der Waals surface area contributed by atoms with Crippen molar-refractivity contribution in [2.45, 2.75) is 38.1 Å². The summed E-state index contributed by atoms with van der Waals surface area (Å²) in [6.07, 6.45) is 4.81. The summed E-state index contributed by atoms with van der Waals surface area (Å²) in [5.41, 5.74) is 7.08. The Balaban J connectivity index is 1.62. The third kappa shape index (κ3) is 5.05. The second-order valence-electron chi connectivity index (χ2n) is 6.01. The molecule has 4 nitrogen and oxygen atoms in total. The van der Waals surface area contributed by atoms with Gasteiger partial charge >= 0.3 is 0 Å². The van der Waals surface area contributed by atoms with E-state index in [9.17, 15) is 4.79 Å². The van der Waals surface area contributed by atoms with Crippen molar-refractivity contribution in [2.24, 2.45) is 11.7 Å². The molecule has 1 aromatic carbocycles. The molecule has 0 heterocycles. The van der Waals surface area contributed by atoms with Gasteiger partial charge in [0.15, 0.2) is 0 Å². The summed E-state index contributed by atoms with van der Waals surface area (Å²) in [6, 6.07) is 10.6. The lowest BCUT2D eigenvalue weighted by atomic mass is 9.86. The summed E-state index contributed by atoms with van der Waals surface area (Å²) in [5, 5.41) is 3.07. The number of nitrogens with one attached hydrogen (secondary N) is 1. The Morgan fingerprint density at radius 2 is 1.90 bits per heavy atom.